The number of nitrogens with zero attached hydrogens (tertiary/aromatic N) is 4. The van der Waals surface area contributed by atoms with Crippen molar-refractivity contribution in [1.82, 2.24) is 25.7 Å². The van der Waals surface area contributed by atoms with Gasteiger partial charge in [0, 0.05) is 44.0 Å². The fourth-order valence-corrected chi connectivity index (χ4v) is 7.16. The molecule has 23 heteroatoms. The van der Waals surface area contributed by atoms with E-state index in [4.69, 9.17) is 20.3 Å². The summed E-state index contributed by atoms with van der Waals surface area (Å²) in [7, 11) is 0. The number of nitrogens with two attached hydrogens (primary N) is 1. The van der Waals surface area contributed by atoms with Crippen molar-refractivity contribution in [3.63, 3.8) is 0 Å². The summed E-state index contributed by atoms with van der Waals surface area (Å²) >= 11 is 0. The SMILES string of the molecule is Nc1cc(-c2cccc(COCC(F)(F)F)c2)n(-c2ccc(F)cc2)n1.O=C1C[C@H](C(=O)NC2=NN(c3ccc(F)cc3)C(c3cccc(COCC(F)(F)F)c3)C2)CN1.O=C1C[C@H](C(=O)O)CN1. The Morgan fingerprint density at radius 1 is 0.725 bits per heavy atom. The molecular weight excluding hydrogens is 929 g/mol. The summed E-state index contributed by atoms with van der Waals surface area (Å²) in [5.74, 6) is -2.73. The Balaban J connectivity index is 0.000000196. The van der Waals surface area contributed by atoms with Gasteiger partial charge in [-0.1, -0.05) is 42.5 Å². The number of carbonyl (C=O) groups is 4. The molecule has 0 spiro atoms. The number of nitrogens with one attached hydrogen (secondary N) is 3. The smallest absolute Gasteiger partial charge is 0.411 e. The Kier molecular flexibility index (Phi) is 16.7. The quantitative estimate of drug-likeness (QED) is 0.0814. The van der Waals surface area contributed by atoms with Gasteiger partial charge in [-0.2, -0.15) is 36.5 Å². The standard InChI is InChI=1S/C23H22F4N4O3.C18H15F4N3O.C5H7NO3/c24-17-4-6-18(7-5-17)31-19(10-20(30-31)29-22(33)16-9-21(32)28-11-16)15-3-1-2-14(8-15)12-34-13-23(25,26)27;19-14-4-6-15(7-5-14)25-16(9-17(23)24-25)13-3-1-2-12(8-13)10-26-11-18(20,21)22;7-4-1-3(2-6-4)5(8)9/h1-8,16,19H,9-13H2,(H,28,32)(H,29,30,33);1-9H,10-11H2,(H2,23,24);3H,1-2H2,(H,6,7)(H,8,9)/t16-,19?;;3-/m0.0/s1. The molecule has 0 bridgehead atoms. The van der Waals surface area contributed by atoms with E-state index in [1.165, 1.54) is 24.3 Å². The molecule has 4 aromatic carbocycles. The van der Waals surface area contributed by atoms with Crippen LogP contribution in [0, 0.1) is 23.5 Å². The number of carboxylic acids is 1. The molecular formula is C46H44F8N8O7. The molecule has 15 nitrogen and oxygen atoms in total. The Morgan fingerprint density at radius 2 is 1.26 bits per heavy atom. The molecule has 5 aromatic rings. The van der Waals surface area contributed by atoms with Crippen molar-refractivity contribution in [2.75, 3.05) is 37.0 Å². The molecule has 1 unspecified atom stereocenters. The molecule has 69 heavy (non-hydrogen) atoms. The van der Waals surface area contributed by atoms with Crippen molar-refractivity contribution in [2.45, 2.75) is 50.9 Å². The molecule has 6 N–H and O–H groups in total. The van der Waals surface area contributed by atoms with Gasteiger partial charge in [0.1, 0.15) is 36.5 Å². The van der Waals surface area contributed by atoms with E-state index in [0.29, 0.717) is 46.0 Å². The second kappa shape index (κ2) is 22.6. The van der Waals surface area contributed by atoms with Crippen LogP contribution in [0.1, 0.15) is 42.0 Å². The minimum atomic E-state index is -4.41. The average Bonchev–Trinajstić information content (AvgIpc) is 4.11. The van der Waals surface area contributed by atoms with Crippen molar-refractivity contribution in [1.29, 1.82) is 0 Å². The molecule has 3 atom stereocenters. The third-order valence-corrected chi connectivity index (χ3v) is 10.4. The number of aliphatic carboxylic acids is 1. The number of nitrogen functional groups attached to an aromatic ring is 1. The number of ether oxygens (including phenoxy) is 2. The molecule has 8 rings (SSSR count). The largest absolute Gasteiger partial charge is 0.481 e. The van der Waals surface area contributed by atoms with Crippen LogP contribution in [0.3, 0.4) is 0 Å². The Morgan fingerprint density at radius 3 is 1.78 bits per heavy atom. The maximum atomic E-state index is 13.5. The summed E-state index contributed by atoms with van der Waals surface area (Å²) in [5.41, 5.74) is 10.2. The molecule has 4 heterocycles. The minimum Gasteiger partial charge on any atom is -0.481 e. The minimum absolute atomic E-state index is 0.101. The van der Waals surface area contributed by atoms with E-state index in [0.717, 1.165) is 5.56 Å². The van der Waals surface area contributed by atoms with Gasteiger partial charge in [-0.25, -0.2) is 13.5 Å². The first-order valence-electron chi connectivity index (χ1n) is 21.0. The van der Waals surface area contributed by atoms with Gasteiger partial charge >= 0.3 is 18.3 Å². The number of carbonyl (C=O) groups excluding carboxylic acids is 3. The van der Waals surface area contributed by atoms with E-state index in [1.54, 1.807) is 88.6 Å². The van der Waals surface area contributed by atoms with Crippen LogP contribution in [-0.2, 0) is 41.9 Å². The molecule has 0 aliphatic carbocycles. The van der Waals surface area contributed by atoms with E-state index in [1.807, 2.05) is 0 Å². The summed E-state index contributed by atoms with van der Waals surface area (Å²) in [4.78, 5) is 44.5. The van der Waals surface area contributed by atoms with Gasteiger partial charge in [0.15, 0.2) is 0 Å². The van der Waals surface area contributed by atoms with Gasteiger partial charge in [0.2, 0.25) is 17.7 Å². The third kappa shape index (κ3) is 15.3. The lowest BCUT2D eigenvalue weighted by atomic mass is 10.0. The number of aromatic nitrogens is 2. The first-order chi connectivity index (χ1) is 32.7. The highest BCUT2D eigenvalue weighted by atomic mass is 19.4. The Bertz CT molecular complexity index is 2630. The summed E-state index contributed by atoms with van der Waals surface area (Å²) in [6, 6.07) is 26.4. The topological polar surface area (TPSA) is 202 Å². The molecule has 0 saturated carbocycles. The Hall–Kier alpha value is -7.40. The molecule has 3 amide bonds. The lowest BCUT2D eigenvalue weighted by molar-refractivity contribution is -0.177. The molecule has 2 fully saturated rings. The van der Waals surface area contributed by atoms with Crippen LogP contribution >= 0.6 is 0 Å². The van der Waals surface area contributed by atoms with Gasteiger partial charge in [-0.3, -0.25) is 24.2 Å². The zero-order valence-corrected chi connectivity index (χ0v) is 36.2. The van der Waals surface area contributed by atoms with E-state index in [9.17, 15) is 54.3 Å². The summed E-state index contributed by atoms with van der Waals surface area (Å²) in [6.45, 7) is -2.51. The van der Waals surface area contributed by atoms with Crippen LogP contribution in [0.2, 0.25) is 0 Å². The van der Waals surface area contributed by atoms with Crippen molar-refractivity contribution in [3.05, 3.63) is 131 Å². The first kappa shape index (κ1) is 51.0. The lowest BCUT2D eigenvalue weighted by Crippen LogP contribution is -2.36. The number of anilines is 2. The lowest BCUT2D eigenvalue weighted by Gasteiger charge is -2.24. The summed E-state index contributed by atoms with van der Waals surface area (Å²) in [6.07, 6.45) is -8.25. The van der Waals surface area contributed by atoms with Gasteiger partial charge in [0.25, 0.3) is 0 Å². The number of hydrazone groups is 1. The normalized spacial score (nSPS) is 17.8. The van der Waals surface area contributed by atoms with E-state index in [2.05, 4.69) is 26.2 Å². The van der Waals surface area contributed by atoms with E-state index >= 15 is 0 Å². The second-order valence-electron chi connectivity index (χ2n) is 15.8. The highest BCUT2D eigenvalue weighted by Gasteiger charge is 2.34. The summed E-state index contributed by atoms with van der Waals surface area (Å²) in [5, 5.41) is 26.5. The van der Waals surface area contributed by atoms with Crippen LogP contribution < -0.4 is 26.7 Å². The van der Waals surface area contributed by atoms with Gasteiger partial charge in [-0.05, 0) is 71.3 Å². The molecule has 3 aliphatic rings. The highest BCUT2D eigenvalue weighted by molar-refractivity contribution is 6.02. The number of benzene rings is 4. The van der Waals surface area contributed by atoms with Crippen molar-refractivity contribution in [3.8, 4) is 16.9 Å². The van der Waals surface area contributed by atoms with Crippen LogP contribution in [0.4, 0.5) is 46.6 Å². The van der Waals surface area contributed by atoms with Crippen molar-refractivity contribution < 1.29 is 68.9 Å². The van der Waals surface area contributed by atoms with Crippen LogP contribution in [-0.4, -0.2) is 83.1 Å². The average molecular weight is 973 g/mol. The number of hydrogen-bond donors (Lipinski definition) is 5. The van der Waals surface area contributed by atoms with E-state index < -0.39 is 55.2 Å². The number of alkyl halides is 6. The van der Waals surface area contributed by atoms with E-state index in [-0.39, 0.29) is 68.5 Å². The van der Waals surface area contributed by atoms with Gasteiger partial charge in [0.05, 0.1) is 48.2 Å². The first-order valence-corrected chi connectivity index (χ1v) is 21.0. The number of halogens is 8. The van der Waals surface area contributed by atoms with Crippen LogP contribution in [0.15, 0.2) is 108 Å². The van der Waals surface area contributed by atoms with Crippen molar-refractivity contribution >= 4 is 41.0 Å². The zero-order chi connectivity index (χ0) is 49.9. The molecule has 2 saturated heterocycles. The predicted molar refractivity (Wildman–Crippen MR) is 233 cm³/mol. The number of amides is 3. The third-order valence-electron chi connectivity index (χ3n) is 10.4. The predicted octanol–water partition coefficient (Wildman–Crippen LogP) is 6.97. The zero-order valence-electron chi connectivity index (χ0n) is 36.2. The number of carboxylic acid groups (broad SMARTS) is 1. The number of amidine groups is 1. The monoisotopic (exact) mass is 972 g/mol. The number of rotatable bonds is 12. The van der Waals surface area contributed by atoms with Crippen molar-refractivity contribution in [2.24, 2.45) is 16.9 Å². The van der Waals surface area contributed by atoms with Crippen LogP contribution in [0.25, 0.3) is 16.9 Å². The maximum absolute atomic E-state index is 13.5. The molecule has 3 aliphatic heterocycles. The van der Waals surface area contributed by atoms with Gasteiger partial charge < -0.3 is 36.3 Å². The van der Waals surface area contributed by atoms with Gasteiger partial charge in [-0.15, -0.1) is 0 Å². The highest BCUT2D eigenvalue weighted by Crippen LogP contribution is 2.36. The second-order valence-corrected chi connectivity index (χ2v) is 15.8. The van der Waals surface area contributed by atoms with Crippen LogP contribution in [0.5, 0.6) is 0 Å². The number of hydrogen-bond acceptors (Lipinski definition) is 10. The maximum Gasteiger partial charge on any atom is 0.411 e. The fourth-order valence-electron chi connectivity index (χ4n) is 7.16. The molecule has 366 valence electrons. The summed E-state index contributed by atoms with van der Waals surface area (Å²) < 4.78 is 111. The Labute approximate surface area is 388 Å². The molecule has 1 aromatic heterocycles. The fraction of sp³-hybridized carbons (Fsp3) is 0.304. The molecule has 0 radical (unpaired) electrons.